The van der Waals surface area contributed by atoms with E-state index in [1.807, 2.05) is 35.2 Å². The number of piperidine rings is 1. The first kappa shape index (κ1) is 18.9. The van der Waals surface area contributed by atoms with Crippen molar-refractivity contribution in [2.24, 2.45) is 5.92 Å². The van der Waals surface area contributed by atoms with Crippen molar-refractivity contribution in [3.63, 3.8) is 0 Å². The maximum atomic E-state index is 12.8. The van der Waals surface area contributed by atoms with E-state index in [1.54, 1.807) is 19.0 Å². The van der Waals surface area contributed by atoms with Crippen molar-refractivity contribution < 1.29 is 14.3 Å². The van der Waals surface area contributed by atoms with Crippen molar-refractivity contribution in [2.75, 3.05) is 53.5 Å². The fraction of sp³-hybridized carbons (Fsp3) is 0.600. The zero-order valence-electron chi connectivity index (χ0n) is 15.8. The number of hydrogen-bond donors (Lipinski definition) is 0. The first-order valence-corrected chi connectivity index (χ1v) is 9.44. The molecule has 2 aliphatic rings. The molecular weight excluding hydrogens is 330 g/mol. The van der Waals surface area contributed by atoms with Gasteiger partial charge in [-0.15, -0.1) is 0 Å². The first-order valence-electron chi connectivity index (χ1n) is 9.44. The third kappa shape index (κ3) is 4.24. The number of ether oxygens (including phenoxy) is 1. The molecule has 1 aromatic rings. The van der Waals surface area contributed by atoms with Gasteiger partial charge in [0, 0.05) is 33.1 Å². The first-order chi connectivity index (χ1) is 12.6. The van der Waals surface area contributed by atoms with Crippen LogP contribution in [-0.4, -0.2) is 80.0 Å². The summed E-state index contributed by atoms with van der Waals surface area (Å²) in [6.45, 7) is 4.20. The van der Waals surface area contributed by atoms with Gasteiger partial charge in [-0.2, -0.15) is 0 Å². The molecule has 142 valence electrons. The summed E-state index contributed by atoms with van der Waals surface area (Å²) in [5.41, 5.74) is 1.02. The molecule has 2 heterocycles. The molecule has 1 aromatic carbocycles. The number of carbonyl (C=O) groups excluding carboxylic acids is 2. The standard InChI is InChI=1S/C20H29N3O3/c1-21(2)20(25)18(16-6-4-3-5-7-16)22-10-8-17(9-11-22)19(24)23-12-14-26-15-13-23/h3-7,17-18H,8-15H2,1-2H3. The predicted molar refractivity (Wildman–Crippen MR) is 99.6 cm³/mol. The Morgan fingerprint density at radius 1 is 1.04 bits per heavy atom. The van der Waals surface area contributed by atoms with Gasteiger partial charge in [0.2, 0.25) is 11.8 Å². The van der Waals surface area contributed by atoms with Crippen molar-refractivity contribution in [2.45, 2.75) is 18.9 Å². The van der Waals surface area contributed by atoms with Crippen LogP contribution in [0.5, 0.6) is 0 Å². The summed E-state index contributed by atoms with van der Waals surface area (Å²) >= 11 is 0. The van der Waals surface area contributed by atoms with Crippen LogP contribution >= 0.6 is 0 Å². The molecule has 3 rings (SSSR count). The molecule has 0 aliphatic carbocycles. The predicted octanol–water partition coefficient (Wildman–Crippen LogP) is 1.39. The summed E-state index contributed by atoms with van der Waals surface area (Å²) in [5, 5.41) is 0. The Hall–Kier alpha value is -1.92. The molecule has 2 saturated heterocycles. The lowest BCUT2D eigenvalue weighted by Gasteiger charge is -2.39. The highest BCUT2D eigenvalue weighted by atomic mass is 16.5. The molecule has 0 saturated carbocycles. The minimum Gasteiger partial charge on any atom is -0.378 e. The molecule has 0 radical (unpaired) electrons. The molecule has 1 atom stereocenters. The van der Waals surface area contributed by atoms with E-state index >= 15 is 0 Å². The van der Waals surface area contributed by atoms with Gasteiger partial charge in [-0.25, -0.2) is 0 Å². The molecule has 26 heavy (non-hydrogen) atoms. The second-order valence-electron chi connectivity index (χ2n) is 7.29. The Kier molecular flexibility index (Phi) is 6.27. The molecule has 2 aliphatic heterocycles. The Bertz CT molecular complexity index is 606. The Labute approximate surface area is 155 Å². The topological polar surface area (TPSA) is 53.1 Å². The van der Waals surface area contributed by atoms with Crippen molar-refractivity contribution in [1.82, 2.24) is 14.7 Å². The van der Waals surface area contributed by atoms with Crippen molar-refractivity contribution in [3.05, 3.63) is 35.9 Å². The van der Waals surface area contributed by atoms with Gasteiger partial charge in [0.1, 0.15) is 6.04 Å². The number of nitrogens with zero attached hydrogens (tertiary/aromatic N) is 3. The summed E-state index contributed by atoms with van der Waals surface area (Å²) < 4.78 is 5.34. The number of likely N-dealkylation sites (N-methyl/N-ethyl adjacent to an activating group) is 1. The van der Waals surface area contributed by atoms with Crippen LogP contribution in [0.4, 0.5) is 0 Å². The second-order valence-corrected chi connectivity index (χ2v) is 7.29. The summed E-state index contributed by atoms with van der Waals surface area (Å²) in [4.78, 5) is 31.3. The summed E-state index contributed by atoms with van der Waals surface area (Å²) in [6, 6.07) is 9.66. The van der Waals surface area contributed by atoms with E-state index in [-0.39, 0.29) is 23.8 Å². The zero-order chi connectivity index (χ0) is 18.5. The molecule has 0 spiro atoms. The largest absolute Gasteiger partial charge is 0.378 e. The molecule has 1 unspecified atom stereocenters. The van der Waals surface area contributed by atoms with Gasteiger partial charge in [-0.3, -0.25) is 14.5 Å². The lowest BCUT2D eigenvalue weighted by atomic mass is 9.92. The van der Waals surface area contributed by atoms with E-state index in [2.05, 4.69) is 4.90 Å². The molecular formula is C20H29N3O3. The van der Waals surface area contributed by atoms with Crippen LogP contribution in [0.25, 0.3) is 0 Å². The van der Waals surface area contributed by atoms with Crippen molar-refractivity contribution in [1.29, 1.82) is 0 Å². The van der Waals surface area contributed by atoms with Crippen LogP contribution in [0.1, 0.15) is 24.4 Å². The van der Waals surface area contributed by atoms with Gasteiger partial charge in [0.05, 0.1) is 13.2 Å². The number of amides is 2. The van der Waals surface area contributed by atoms with Gasteiger partial charge in [-0.1, -0.05) is 30.3 Å². The smallest absolute Gasteiger partial charge is 0.244 e. The minimum absolute atomic E-state index is 0.0650. The summed E-state index contributed by atoms with van der Waals surface area (Å²) in [6.07, 6.45) is 1.61. The van der Waals surface area contributed by atoms with Crippen LogP contribution in [0.2, 0.25) is 0 Å². The minimum atomic E-state index is -0.273. The van der Waals surface area contributed by atoms with E-state index in [1.165, 1.54) is 0 Å². The van der Waals surface area contributed by atoms with Crippen molar-refractivity contribution in [3.8, 4) is 0 Å². The molecule has 0 bridgehead atoms. The Balaban J connectivity index is 1.66. The normalized spacial score (nSPS) is 20.6. The van der Waals surface area contributed by atoms with Crippen LogP contribution < -0.4 is 0 Å². The van der Waals surface area contributed by atoms with Crippen LogP contribution in [0.15, 0.2) is 30.3 Å². The Morgan fingerprint density at radius 2 is 1.65 bits per heavy atom. The van der Waals surface area contributed by atoms with Gasteiger partial charge in [0.15, 0.2) is 0 Å². The molecule has 0 N–H and O–H groups in total. The number of rotatable bonds is 4. The van der Waals surface area contributed by atoms with E-state index in [0.717, 1.165) is 31.5 Å². The second kappa shape index (κ2) is 8.64. The van der Waals surface area contributed by atoms with Crippen molar-refractivity contribution >= 4 is 11.8 Å². The number of morpholine rings is 1. The van der Waals surface area contributed by atoms with Crippen LogP contribution in [0, 0.1) is 5.92 Å². The third-order valence-electron chi connectivity index (χ3n) is 5.36. The van der Waals surface area contributed by atoms with E-state index in [4.69, 9.17) is 4.74 Å². The molecule has 2 fully saturated rings. The maximum absolute atomic E-state index is 12.8. The Morgan fingerprint density at radius 3 is 2.23 bits per heavy atom. The lowest BCUT2D eigenvalue weighted by molar-refractivity contribution is -0.142. The quantitative estimate of drug-likeness (QED) is 0.815. The molecule has 2 amide bonds. The van der Waals surface area contributed by atoms with Gasteiger partial charge >= 0.3 is 0 Å². The monoisotopic (exact) mass is 359 g/mol. The summed E-state index contributed by atoms with van der Waals surface area (Å²) in [5.74, 6) is 0.410. The molecule has 0 aromatic heterocycles. The summed E-state index contributed by atoms with van der Waals surface area (Å²) in [7, 11) is 3.60. The molecule has 6 heteroatoms. The molecule has 6 nitrogen and oxygen atoms in total. The highest BCUT2D eigenvalue weighted by Crippen LogP contribution is 2.29. The number of benzene rings is 1. The van der Waals surface area contributed by atoms with E-state index in [9.17, 15) is 9.59 Å². The van der Waals surface area contributed by atoms with Gasteiger partial charge in [-0.05, 0) is 31.5 Å². The lowest BCUT2D eigenvalue weighted by Crippen LogP contribution is -2.48. The van der Waals surface area contributed by atoms with Gasteiger partial charge < -0.3 is 14.5 Å². The maximum Gasteiger partial charge on any atom is 0.244 e. The third-order valence-corrected chi connectivity index (χ3v) is 5.36. The van der Waals surface area contributed by atoms with Crippen LogP contribution in [-0.2, 0) is 14.3 Å². The zero-order valence-corrected chi connectivity index (χ0v) is 15.8. The average molecular weight is 359 g/mol. The fourth-order valence-electron chi connectivity index (χ4n) is 3.84. The van der Waals surface area contributed by atoms with E-state index < -0.39 is 0 Å². The average Bonchev–Trinajstić information content (AvgIpc) is 2.69. The highest BCUT2D eigenvalue weighted by molar-refractivity contribution is 5.83. The van der Waals surface area contributed by atoms with E-state index in [0.29, 0.717) is 26.3 Å². The highest BCUT2D eigenvalue weighted by Gasteiger charge is 2.35. The fourth-order valence-corrected chi connectivity index (χ4v) is 3.84. The van der Waals surface area contributed by atoms with Gasteiger partial charge in [0.25, 0.3) is 0 Å². The number of hydrogen-bond acceptors (Lipinski definition) is 4. The SMILES string of the molecule is CN(C)C(=O)C(c1ccccc1)N1CCC(C(=O)N2CCOCC2)CC1. The van der Waals surface area contributed by atoms with Crippen LogP contribution in [0.3, 0.4) is 0 Å². The number of likely N-dealkylation sites (tertiary alicyclic amines) is 1. The number of carbonyl (C=O) groups is 2.